The van der Waals surface area contributed by atoms with E-state index < -0.39 is 0 Å². The van der Waals surface area contributed by atoms with Gasteiger partial charge in [0.1, 0.15) is 5.75 Å². The van der Waals surface area contributed by atoms with Gasteiger partial charge >= 0.3 is 0 Å². The molecule has 0 spiro atoms. The third-order valence-electron chi connectivity index (χ3n) is 4.78. The van der Waals surface area contributed by atoms with Gasteiger partial charge in [-0.3, -0.25) is 4.79 Å². The first kappa shape index (κ1) is 17.6. The van der Waals surface area contributed by atoms with Crippen molar-refractivity contribution in [3.63, 3.8) is 0 Å². The number of hydrogen-bond acceptors (Lipinski definition) is 4. The van der Waals surface area contributed by atoms with Crippen LogP contribution in [0.2, 0.25) is 0 Å². The van der Waals surface area contributed by atoms with E-state index in [1.165, 1.54) is 25.9 Å². The molecular formula is C19H28N2O2S. The zero-order valence-electron chi connectivity index (χ0n) is 14.6. The molecule has 0 bridgehead atoms. The van der Waals surface area contributed by atoms with Gasteiger partial charge in [0, 0.05) is 18.8 Å². The number of carbonyl (C=O) groups is 1. The van der Waals surface area contributed by atoms with Crippen molar-refractivity contribution in [3.05, 3.63) is 29.8 Å². The van der Waals surface area contributed by atoms with Crippen LogP contribution in [-0.4, -0.2) is 66.0 Å². The van der Waals surface area contributed by atoms with Crippen LogP contribution in [0.15, 0.2) is 24.3 Å². The van der Waals surface area contributed by atoms with Gasteiger partial charge in [-0.15, -0.1) is 0 Å². The summed E-state index contributed by atoms with van der Waals surface area (Å²) in [5, 5.41) is 0. The summed E-state index contributed by atoms with van der Waals surface area (Å²) in [6, 6.07) is 8.22. The maximum atomic E-state index is 12.8. The third kappa shape index (κ3) is 4.90. The molecule has 0 aromatic heterocycles. The molecule has 24 heavy (non-hydrogen) atoms. The lowest BCUT2D eigenvalue weighted by atomic mass is 10.2. The molecule has 3 rings (SSSR count). The lowest BCUT2D eigenvalue weighted by Gasteiger charge is -2.32. The maximum absolute atomic E-state index is 12.8. The Balaban J connectivity index is 1.58. The number of rotatable bonds is 5. The second kappa shape index (κ2) is 8.77. The van der Waals surface area contributed by atoms with E-state index in [1.807, 2.05) is 43.0 Å². The van der Waals surface area contributed by atoms with E-state index in [4.69, 9.17) is 4.74 Å². The predicted octanol–water partition coefficient (Wildman–Crippen LogP) is 2.80. The minimum atomic E-state index is 0.128. The van der Waals surface area contributed by atoms with Crippen LogP contribution < -0.4 is 4.74 Å². The lowest BCUT2D eigenvalue weighted by Crippen LogP contribution is -2.49. The van der Waals surface area contributed by atoms with Crippen LogP contribution in [0.1, 0.15) is 24.8 Å². The SMILES string of the molecule is Cc1cccc(OCC(=O)N2CCCSCC2CN2CCCC2)c1. The Labute approximate surface area is 149 Å². The van der Waals surface area contributed by atoms with Gasteiger partial charge in [0.25, 0.3) is 5.91 Å². The van der Waals surface area contributed by atoms with E-state index in [1.54, 1.807) is 0 Å². The quantitative estimate of drug-likeness (QED) is 0.819. The third-order valence-corrected chi connectivity index (χ3v) is 5.98. The fourth-order valence-electron chi connectivity index (χ4n) is 3.50. The van der Waals surface area contributed by atoms with E-state index >= 15 is 0 Å². The first-order valence-corrected chi connectivity index (χ1v) is 10.2. The average Bonchev–Trinajstić information content (AvgIpc) is 2.97. The highest BCUT2D eigenvalue weighted by atomic mass is 32.2. The van der Waals surface area contributed by atoms with Crippen molar-refractivity contribution in [2.24, 2.45) is 0 Å². The number of nitrogens with zero attached hydrogens (tertiary/aromatic N) is 2. The van der Waals surface area contributed by atoms with Crippen molar-refractivity contribution in [2.45, 2.75) is 32.2 Å². The zero-order chi connectivity index (χ0) is 16.8. The fraction of sp³-hybridized carbons (Fsp3) is 0.632. The van der Waals surface area contributed by atoms with Gasteiger partial charge in [0.15, 0.2) is 6.61 Å². The summed E-state index contributed by atoms with van der Waals surface area (Å²) in [7, 11) is 0. The van der Waals surface area contributed by atoms with Crippen LogP contribution in [0.5, 0.6) is 5.75 Å². The van der Waals surface area contributed by atoms with Gasteiger partial charge < -0.3 is 14.5 Å². The van der Waals surface area contributed by atoms with Gasteiger partial charge in [-0.1, -0.05) is 12.1 Å². The summed E-state index contributed by atoms with van der Waals surface area (Å²) in [6.07, 6.45) is 3.67. The van der Waals surface area contributed by atoms with Gasteiger partial charge in [-0.2, -0.15) is 11.8 Å². The van der Waals surface area contributed by atoms with Crippen LogP contribution in [0.3, 0.4) is 0 Å². The molecule has 1 aromatic rings. The molecule has 132 valence electrons. The topological polar surface area (TPSA) is 32.8 Å². The molecule has 2 fully saturated rings. The Morgan fingerprint density at radius 2 is 2.08 bits per heavy atom. The summed E-state index contributed by atoms with van der Waals surface area (Å²) in [5.41, 5.74) is 1.15. The monoisotopic (exact) mass is 348 g/mol. The molecule has 4 nitrogen and oxygen atoms in total. The highest BCUT2D eigenvalue weighted by molar-refractivity contribution is 7.99. The number of benzene rings is 1. The molecule has 0 N–H and O–H groups in total. The summed E-state index contributed by atoms with van der Waals surface area (Å²) in [6.45, 7) is 6.42. The first-order chi connectivity index (χ1) is 11.7. The van der Waals surface area contributed by atoms with Crippen molar-refractivity contribution < 1.29 is 9.53 Å². The van der Waals surface area contributed by atoms with E-state index in [0.29, 0.717) is 6.04 Å². The largest absolute Gasteiger partial charge is 0.484 e. The lowest BCUT2D eigenvalue weighted by molar-refractivity contribution is -0.135. The molecule has 1 atom stereocenters. The van der Waals surface area contributed by atoms with Crippen molar-refractivity contribution >= 4 is 17.7 Å². The van der Waals surface area contributed by atoms with Gasteiger partial charge in [-0.25, -0.2) is 0 Å². The number of carbonyl (C=O) groups excluding carboxylic acids is 1. The average molecular weight is 349 g/mol. The Morgan fingerprint density at radius 3 is 2.88 bits per heavy atom. The van der Waals surface area contributed by atoms with E-state index in [2.05, 4.69) is 9.80 Å². The zero-order valence-corrected chi connectivity index (χ0v) is 15.4. The second-order valence-corrected chi connectivity index (χ2v) is 7.93. The van der Waals surface area contributed by atoms with Crippen LogP contribution in [0, 0.1) is 6.92 Å². The van der Waals surface area contributed by atoms with E-state index in [-0.39, 0.29) is 12.5 Å². The smallest absolute Gasteiger partial charge is 0.260 e. The number of likely N-dealkylation sites (tertiary alicyclic amines) is 1. The van der Waals surface area contributed by atoms with Gasteiger partial charge in [-0.05, 0) is 62.7 Å². The minimum absolute atomic E-state index is 0.128. The molecule has 1 amide bonds. The summed E-state index contributed by atoms with van der Waals surface area (Å²) >= 11 is 1.98. The molecule has 2 saturated heterocycles. The number of aryl methyl sites for hydroxylation is 1. The van der Waals surface area contributed by atoms with Crippen LogP contribution >= 0.6 is 11.8 Å². The maximum Gasteiger partial charge on any atom is 0.260 e. The molecule has 0 aliphatic carbocycles. The van der Waals surface area contributed by atoms with Gasteiger partial charge in [0.2, 0.25) is 0 Å². The van der Waals surface area contributed by atoms with Gasteiger partial charge in [0.05, 0.1) is 6.04 Å². The molecule has 5 heteroatoms. The molecule has 2 aliphatic rings. The van der Waals surface area contributed by atoms with E-state index in [9.17, 15) is 4.79 Å². The number of thioether (sulfide) groups is 1. The highest BCUT2D eigenvalue weighted by Crippen LogP contribution is 2.20. The van der Waals surface area contributed by atoms with Crippen molar-refractivity contribution in [2.75, 3.05) is 44.3 Å². The van der Waals surface area contributed by atoms with E-state index in [0.717, 1.165) is 42.3 Å². The summed E-state index contributed by atoms with van der Waals surface area (Å²) in [5.74, 6) is 3.11. The number of hydrogen-bond donors (Lipinski definition) is 0. The summed E-state index contributed by atoms with van der Waals surface area (Å²) in [4.78, 5) is 17.4. The molecule has 2 heterocycles. The summed E-state index contributed by atoms with van der Waals surface area (Å²) < 4.78 is 5.75. The Bertz CT molecular complexity index is 546. The molecule has 1 aromatic carbocycles. The van der Waals surface area contributed by atoms with Crippen molar-refractivity contribution in [1.82, 2.24) is 9.80 Å². The number of ether oxygens (including phenoxy) is 1. The Kier molecular flexibility index (Phi) is 6.44. The predicted molar refractivity (Wildman–Crippen MR) is 99.8 cm³/mol. The normalized spacial score (nSPS) is 22.4. The Hall–Kier alpha value is -1.20. The second-order valence-electron chi connectivity index (χ2n) is 6.78. The molecular weight excluding hydrogens is 320 g/mol. The first-order valence-electron chi connectivity index (χ1n) is 9.01. The highest BCUT2D eigenvalue weighted by Gasteiger charge is 2.28. The molecule has 2 aliphatic heterocycles. The standard InChI is InChI=1S/C19H28N2O2S/c1-16-6-4-7-18(12-16)23-14-19(22)21-10-5-11-24-15-17(21)13-20-8-2-3-9-20/h4,6-7,12,17H,2-3,5,8-11,13-15H2,1H3. The molecule has 0 saturated carbocycles. The van der Waals surface area contributed by atoms with Crippen molar-refractivity contribution in [1.29, 1.82) is 0 Å². The molecule has 1 unspecified atom stereocenters. The van der Waals surface area contributed by atoms with Crippen LogP contribution in [0.25, 0.3) is 0 Å². The molecule has 0 radical (unpaired) electrons. The number of amides is 1. The minimum Gasteiger partial charge on any atom is -0.484 e. The van der Waals surface area contributed by atoms with Crippen LogP contribution in [-0.2, 0) is 4.79 Å². The van der Waals surface area contributed by atoms with Crippen LogP contribution in [0.4, 0.5) is 0 Å². The Morgan fingerprint density at radius 1 is 1.25 bits per heavy atom. The fourth-order valence-corrected chi connectivity index (χ4v) is 4.56. The van der Waals surface area contributed by atoms with Crippen molar-refractivity contribution in [3.8, 4) is 5.75 Å².